The van der Waals surface area contributed by atoms with Gasteiger partial charge in [-0.25, -0.2) is 0 Å². The number of rotatable bonds is 4. The molecule has 2 rings (SSSR count). The number of carbonyl (C=O) groups is 1. The number of nitrogens with zero attached hydrogens (tertiary/aromatic N) is 2. The van der Waals surface area contributed by atoms with Crippen molar-refractivity contribution in [3.05, 3.63) is 29.3 Å². The molecule has 0 aliphatic carbocycles. The highest BCUT2D eigenvalue weighted by atomic mass is 16.1. The summed E-state index contributed by atoms with van der Waals surface area (Å²) in [6.07, 6.45) is 1.19. The molecule has 1 atom stereocenters. The molecule has 0 bridgehead atoms. The molecule has 1 fully saturated rings. The quantitative estimate of drug-likeness (QED) is 0.775. The van der Waals surface area contributed by atoms with Crippen LogP contribution < -0.4 is 11.5 Å². The third-order valence-corrected chi connectivity index (χ3v) is 3.80. The maximum atomic E-state index is 11.1. The molecule has 1 aromatic carbocycles. The Morgan fingerprint density at radius 3 is 2.74 bits per heavy atom. The van der Waals surface area contributed by atoms with E-state index in [2.05, 4.69) is 23.9 Å². The highest BCUT2D eigenvalue weighted by Crippen LogP contribution is 2.20. The smallest absolute Gasteiger partial charge is 0.248 e. The van der Waals surface area contributed by atoms with Crippen molar-refractivity contribution in [2.45, 2.75) is 19.0 Å². The van der Waals surface area contributed by atoms with Crippen LogP contribution in [0.3, 0.4) is 0 Å². The molecular formula is C14H22N4O. The molecule has 1 saturated heterocycles. The molecule has 0 spiro atoms. The molecule has 0 radical (unpaired) electrons. The number of hydrogen-bond donors (Lipinski definition) is 2. The Kier molecular flexibility index (Phi) is 4.07. The second-order valence-corrected chi connectivity index (χ2v) is 5.42. The van der Waals surface area contributed by atoms with Crippen molar-refractivity contribution in [2.24, 2.45) is 5.73 Å². The van der Waals surface area contributed by atoms with Crippen molar-refractivity contribution in [3.8, 4) is 0 Å². The van der Waals surface area contributed by atoms with Gasteiger partial charge in [-0.2, -0.15) is 0 Å². The molecule has 104 valence electrons. The van der Waals surface area contributed by atoms with Gasteiger partial charge in [0.1, 0.15) is 0 Å². The number of carbonyl (C=O) groups excluding carboxylic acids is 1. The first-order valence-electron chi connectivity index (χ1n) is 6.54. The highest BCUT2D eigenvalue weighted by Gasteiger charge is 2.24. The summed E-state index contributed by atoms with van der Waals surface area (Å²) in [7, 11) is 4.23. The molecule has 1 heterocycles. The minimum absolute atomic E-state index is 0.438. The van der Waals surface area contributed by atoms with Crippen molar-refractivity contribution in [1.29, 1.82) is 0 Å². The van der Waals surface area contributed by atoms with Gasteiger partial charge in [0.25, 0.3) is 0 Å². The van der Waals surface area contributed by atoms with E-state index >= 15 is 0 Å². The third-order valence-electron chi connectivity index (χ3n) is 3.80. The second kappa shape index (κ2) is 5.59. The van der Waals surface area contributed by atoms with E-state index < -0.39 is 5.91 Å². The summed E-state index contributed by atoms with van der Waals surface area (Å²) in [6, 6.07) is 5.93. The molecular weight excluding hydrogens is 240 g/mol. The van der Waals surface area contributed by atoms with Gasteiger partial charge in [0, 0.05) is 36.9 Å². The SMILES string of the molecule is CN(C)C1CCN(Cc2ccc(C(N)=O)cc2N)C1. The number of benzene rings is 1. The third kappa shape index (κ3) is 3.24. The van der Waals surface area contributed by atoms with Crippen LogP contribution in [-0.4, -0.2) is 48.9 Å². The lowest BCUT2D eigenvalue weighted by Gasteiger charge is -2.21. The van der Waals surface area contributed by atoms with E-state index in [1.165, 1.54) is 6.42 Å². The van der Waals surface area contributed by atoms with Crippen LogP contribution in [0, 0.1) is 0 Å². The van der Waals surface area contributed by atoms with E-state index in [9.17, 15) is 4.79 Å². The zero-order valence-corrected chi connectivity index (χ0v) is 11.6. The van der Waals surface area contributed by atoms with Crippen LogP contribution in [0.2, 0.25) is 0 Å². The fourth-order valence-corrected chi connectivity index (χ4v) is 2.51. The largest absolute Gasteiger partial charge is 0.398 e. The first-order chi connectivity index (χ1) is 8.97. The van der Waals surface area contributed by atoms with E-state index in [0.29, 0.717) is 17.3 Å². The number of anilines is 1. The summed E-state index contributed by atoms with van der Waals surface area (Å²) >= 11 is 0. The fourth-order valence-electron chi connectivity index (χ4n) is 2.51. The summed E-state index contributed by atoms with van der Waals surface area (Å²) in [5.74, 6) is -0.438. The van der Waals surface area contributed by atoms with Gasteiger partial charge in [0.2, 0.25) is 5.91 Å². The second-order valence-electron chi connectivity index (χ2n) is 5.42. The first-order valence-corrected chi connectivity index (χ1v) is 6.54. The molecule has 1 aromatic rings. The maximum Gasteiger partial charge on any atom is 0.248 e. The summed E-state index contributed by atoms with van der Waals surface area (Å²) in [5, 5.41) is 0. The molecule has 1 aliphatic rings. The number of hydrogen-bond acceptors (Lipinski definition) is 4. The minimum Gasteiger partial charge on any atom is -0.398 e. The van der Waals surface area contributed by atoms with Gasteiger partial charge in [-0.1, -0.05) is 6.07 Å². The average Bonchev–Trinajstić information content (AvgIpc) is 2.80. The standard InChI is InChI=1S/C14H22N4O/c1-17(2)12-5-6-18(9-12)8-11-4-3-10(14(16)19)7-13(11)15/h3-4,7,12H,5-6,8-9,15H2,1-2H3,(H2,16,19). The van der Waals surface area contributed by atoms with Gasteiger partial charge in [-0.15, -0.1) is 0 Å². The Balaban J connectivity index is 2.02. The van der Waals surface area contributed by atoms with Crippen LogP contribution in [0.5, 0.6) is 0 Å². The van der Waals surface area contributed by atoms with Crippen LogP contribution in [0.1, 0.15) is 22.3 Å². The van der Waals surface area contributed by atoms with Gasteiger partial charge < -0.3 is 16.4 Å². The van der Waals surface area contributed by atoms with Crippen LogP contribution in [0.15, 0.2) is 18.2 Å². The topological polar surface area (TPSA) is 75.6 Å². The van der Waals surface area contributed by atoms with E-state index in [1.807, 2.05) is 6.07 Å². The number of likely N-dealkylation sites (N-methyl/N-ethyl adjacent to an activating group) is 1. The van der Waals surface area contributed by atoms with E-state index in [4.69, 9.17) is 11.5 Å². The Bertz CT molecular complexity index is 473. The number of primary amides is 1. The maximum absolute atomic E-state index is 11.1. The molecule has 1 amide bonds. The zero-order chi connectivity index (χ0) is 14.0. The molecule has 0 saturated carbocycles. The van der Waals surface area contributed by atoms with Crippen LogP contribution in [0.4, 0.5) is 5.69 Å². The number of nitrogen functional groups attached to an aromatic ring is 1. The summed E-state index contributed by atoms with van der Waals surface area (Å²) in [4.78, 5) is 15.7. The summed E-state index contributed by atoms with van der Waals surface area (Å²) in [6.45, 7) is 2.97. The normalized spacial score (nSPS) is 20.1. The van der Waals surface area contributed by atoms with Gasteiger partial charge >= 0.3 is 0 Å². The lowest BCUT2D eigenvalue weighted by atomic mass is 10.1. The van der Waals surface area contributed by atoms with Gasteiger partial charge in [-0.3, -0.25) is 9.69 Å². The Labute approximate surface area is 114 Å². The van der Waals surface area contributed by atoms with Crippen LogP contribution in [-0.2, 0) is 6.54 Å². The van der Waals surface area contributed by atoms with Crippen molar-refractivity contribution in [3.63, 3.8) is 0 Å². The van der Waals surface area contributed by atoms with Crippen molar-refractivity contribution < 1.29 is 4.79 Å². The predicted octanol–water partition coefficient (Wildman–Crippen LogP) is 0.504. The molecule has 1 aliphatic heterocycles. The van der Waals surface area contributed by atoms with Crippen molar-refractivity contribution >= 4 is 11.6 Å². The number of amides is 1. The molecule has 5 heteroatoms. The van der Waals surface area contributed by atoms with Crippen LogP contribution in [0.25, 0.3) is 0 Å². The van der Waals surface area contributed by atoms with Crippen molar-refractivity contribution in [2.75, 3.05) is 32.9 Å². The molecule has 5 nitrogen and oxygen atoms in total. The van der Waals surface area contributed by atoms with Gasteiger partial charge in [-0.05, 0) is 38.2 Å². The molecule has 1 unspecified atom stereocenters. The number of likely N-dealkylation sites (tertiary alicyclic amines) is 1. The average molecular weight is 262 g/mol. The molecule has 0 aromatic heterocycles. The molecule has 4 N–H and O–H groups in total. The molecule has 19 heavy (non-hydrogen) atoms. The Morgan fingerprint density at radius 1 is 1.47 bits per heavy atom. The lowest BCUT2D eigenvalue weighted by Crippen LogP contribution is -2.31. The highest BCUT2D eigenvalue weighted by molar-refractivity contribution is 5.93. The van der Waals surface area contributed by atoms with E-state index in [-0.39, 0.29) is 0 Å². The van der Waals surface area contributed by atoms with E-state index in [1.54, 1.807) is 12.1 Å². The monoisotopic (exact) mass is 262 g/mol. The zero-order valence-electron chi connectivity index (χ0n) is 11.6. The van der Waals surface area contributed by atoms with E-state index in [0.717, 1.165) is 25.2 Å². The first kappa shape index (κ1) is 13.8. The van der Waals surface area contributed by atoms with Crippen molar-refractivity contribution in [1.82, 2.24) is 9.80 Å². The minimum atomic E-state index is -0.438. The summed E-state index contributed by atoms with van der Waals surface area (Å²) in [5.41, 5.74) is 13.4. The lowest BCUT2D eigenvalue weighted by molar-refractivity contribution is 0.100. The number of nitrogens with two attached hydrogens (primary N) is 2. The Morgan fingerprint density at radius 2 is 2.21 bits per heavy atom. The van der Waals surface area contributed by atoms with Gasteiger partial charge in [0.15, 0.2) is 0 Å². The fraction of sp³-hybridized carbons (Fsp3) is 0.500. The van der Waals surface area contributed by atoms with Crippen LogP contribution >= 0.6 is 0 Å². The predicted molar refractivity (Wildman–Crippen MR) is 76.7 cm³/mol. The van der Waals surface area contributed by atoms with Gasteiger partial charge in [0.05, 0.1) is 0 Å². The Hall–Kier alpha value is -1.59. The summed E-state index contributed by atoms with van der Waals surface area (Å²) < 4.78 is 0.